The van der Waals surface area contributed by atoms with Crippen molar-refractivity contribution in [2.75, 3.05) is 72.9 Å². The Morgan fingerprint density at radius 1 is 0.415 bits per heavy atom. The topological polar surface area (TPSA) is 257 Å². The Morgan fingerprint density at radius 3 is 1.24 bits per heavy atom. The number of aliphatic hydroxyl groups is 2. The number of hydrogen-bond donors (Lipinski definition) is 7. The number of nitrogens with one attached hydrogen (secondary N) is 5. The third kappa shape index (κ3) is 31.4. The summed E-state index contributed by atoms with van der Waals surface area (Å²) in [4.78, 5) is 89.5. The number of methoxy groups -OCH3 is 1. The number of hydrogen-bond acceptors (Lipinski definition) is 13. The molecule has 0 aliphatic rings. The van der Waals surface area contributed by atoms with Gasteiger partial charge in [0.25, 0.3) is 11.8 Å². The molecule has 0 aliphatic heterocycles. The molecule has 0 saturated carbocycles. The Hall–Kier alpha value is -6.05. The second kappa shape index (κ2) is 41.9. The van der Waals surface area contributed by atoms with E-state index in [1.165, 1.54) is 0 Å². The summed E-state index contributed by atoms with van der Waals surface area (Å²) in [6.07, 6.45) is 15.6. The highest BCUT2D eigenvalue weighted by atomic mass is 16.5. The van der Waals surface area contributed by atoms with E-state index >= 15 is 0 Å². The highest BCUT2D eigenvalue weighted by Gasteiger charge is 2.34. The largest absolute Gasteiger partial charge is 0.497 e. The minimum absolute atomic E-state index is 0.0303. The van der Waals surface area contributed by atoms with Gasteiger partial charge in [-0.2, -0.15) is 0 Å². The van der Waals surface area contributed by atoms with E-state index in [0.717, 1.165) is 83.5 Å². The van der Waals surface area contributed by atoms with Crippen LogP contribution in [0.3, 0.4) is 0 Å². The third-order valence-electron chi connectivity index (χ3n) is 14.0. The van der Waals surface area contributed by atoms with Crippen molar-refractivity contribution in [2.45, 2.75) is 174 Å². The molecule has 0 unspecified atom stereocenters. The summed E-state index contributed by atoms with van der Waals surface area (Å²) in [6, 6.07) is 20.5. The standard InChI is InChI=1S/C64H97N5O13/c1-63(2,3)57(73)22-16-12-7-5-6-8-13-17-23-60(76)69-64(47-80-42-18-14-10-9-11-15-21-56(72)52-32-34-55(79-4)35-33-52,48-81-43-36-58(74)65-38-19-40-67-61(77)53-28-24-50(45-70)25-29-53)49-82-44-37-59(75)66-39-20-41-68-62(78)54-30-26-51(46-71)27-31-54/h24-35,70-71H,5-23,36-49H2,1-4H3,(H,65,74)(H,66,75)(H,67,77)(H,68,78)(H,69,76). The molecular formula is C64H97N5O13. The van der Waals surface area contributed by atoms with Crippen LogP contribution in [0.2, 0.25) is 0 Å². The van der Waals surface area contributed by atoms with Crippen LogP contribution in [0.4, 0.5) is 0 Å². The van der Waals surface area contributed by atoms with Crippen molar-refractivity contribution in [2.24, 2.45) is 5.41 Å². The van der Waals surface area contributed by atoms with Gasteiger partial charge < -0.3 is 55.7 Å². The molecule has 456 valence electrons. The number of amides is 5. The molecule has 0 aromatic heterocycles. The molecule has 7 N–H and O–H groups in total. The predicted octanol–water partition coefficient (Wildman–Crippen LogP) is 8.67. The first kappa shape index (κ1) is 70.2. The summed E-state index contributed by atoms with van der Waals surface area (Å²) >= 11 is 0. The number of ketones is 2. The molecule has 0 spiro atoms. The van der Waals surface area contributed by atoms with Gasteiger partial charge in [0.05, 0.1) is 53.4 Å². The minimum atomic E-state index is -1.15. The number of benzene rings is 3. The smallest absolute Gasteiger partial charge is 0.251 e. The van der Waals surface area contributed by atoms with Crippen LogP contribution in [0.5, 0.6) is 5.75 Å². The molecule has 3 rings (SSSR count). The van der Waals surface area contributed by atoms with Crippen LogP contribution in [0.15, 0.2) is 72.8 Å². The maximum atomic E-state index is 13.8. The van der Waals surface area contributed by atoms with E-state index < -0.39 is 5.54 Å². The zero-order chi connectivity index (χ0) is 59.7. The Balaban J connectivity index is 1.55. The molecule has 0 fully saturated rings. The van der Waals surface area contributed by atoms with Gasteiger partial charge >= 0.3 is 0 Å². The fourth-order valence-electron chi connectivity index (χ4n) is 8.79. The Kier molecular flexibility index (Phi) is 35.8. The lowest BCUT2D eigenvalue weighted by Gasteiger charge is -2.34. The van der Waals surface area contributed by atoms with Gasteiger partial charge in [-0.15, -0.1) is 0 Å². The number of aliphatic hydroxyl groups excluding tert-OH is 2. The fourth-order valence-corrected chi connectivity index (χ4v) is 8.79. The summed E-state index contributed by atoms with van der Waals surface area (Å²) in [5, 5.41) is 33.1. The van der Waals surface area contributed by atoms with Crippen LogP contribution < -0.4 is 31.3 Å². The third-order valence-corrected chi connectivity index (χ3v) is 14.0. The zero-order valence-corrected chi connectivity index (χ0v) is 49.6. The molecule has 0 saturated heterocycles. The van der Waals surface area contributed by atoms with Gasteiger partial charge in [0.1, 0.15) is 17.1 Å². The fraction of sp³-hybridized carbons (Fsp3) is 0.609. The molecule has 18 nitrogen and oxygen atoms in total. The summed E-state index contributed by atoms with van der Waals surface area (Å²) in [5.41, 5.74) is 1.60. The molecule has 3 aromatic rings. The maximum absolute atomic E-state index is 13.8. The average Bonchev–Trinajstić information content (AvgIpc) is 3.48. The number of ether oxygens (including phenoxy) is 4. The predicted molar refractivity (Wildman–Crippen MR) is 317 cm³/mol. The van der Waals surface area contributed by atoms with E-state index in [1.54, 1.807) is 79.9 Å². The lowest BCUT2D eigenvalue weighted by molar-refractivity contribution is -0.130. The first-order chi connectivity index (χ1) is 39.6. The van der Waals surface area contributed by atoms with Crippen molar-refractivity contribution in [3.8, 4) is 5.75 Å². The van der Waals surface area contributed by atoms with Gasteiger partial charge in [0.15, 0.2) is 5.78 Å². The Labute approximate surface area is 487 Å². The number of unbranched alkanes of at least 4 members (excludes halogenated alkanes) is 12. The molecule has 0 radical (unpaired) electrons. The van der Waals surface area contributed by atoms with Gasteiger partial charge in [-0.25, -0.2) is 0 Å². The monoisotopic (exact) mass is 1140 g/mol. The van der Waals surface area contributed by atoms with Crippen LogP contribution >= 0.6 is 0 Å². The van der Waals surface area contributed by atoms with Crippen molar-refractivity contribution in [1.29, 1.82) is 0 Å². The van der Waals surface area contributed by atoms with E-state index in [2.05, 4.69) is 26.6 Å². The number of carbonyl (C=O) groups excluding carboxylic acids is 7. The molecule has 0 bridgehead atoms. The Morgan fingerprint density at radius 2 is 0.805 bits per heavy atom. The van der Waals surface area contributed by atoms with Crippen molar-refractivity contribution in [3.05, 3.63) is 101 Å². The average molecular weight is 1140 g/mol. The first-order valence-corrected chi connectivity index (χ1v) is 29.8. The van der Waals surface area contributed by atoms with Crippen LogP contribution in [0.25, 0.3) is 0 Å². The van der Waals surface area contributed by atoms with Crippen LogP contribution in [0.1, 0.15) is 198 Å². The van der Waals surface area contributed by atoms with Crippen LogP contribution in [0, 0.1) is 5.41 Å². The van der Waals surface area contributed by atoms with Crippen molar-refractivity contribution < 1.29 is 62.7 Å². The first-order valence-electron chi connectivity index (χ1n) is 29.8. The highest BCUT2D eigenvalue weighted by Crippen LogP contribution is 2.20. The molecule has 0 aliphatic carbocycles. The molecular weight excluding hydrogens is 1050 g/mol. The summed E-state index contributed by atoms with van der Waals surface area (Å²) in [6.45, 7) is 7.53. The lowest BCUT2D eigenvalue weighted by atomic mass is 9.88. The van der Waals surface area contributed by atoms with Gasteiger partial charge in [-0.3, -0.25) is 33.6 Å². The summed E-state index contributed by atoms with van der Waals surface area (Å²) in [7, 11) is 1.60. The van der Waals surface area contributed by atoms with E-state index in [-0.39, 0.29) is 106 Å². The van der Waals surface area contributed by atoms with Crippen LogP contribution in [-0.4, -0.2) is 130 Å². The number of Topliss-reactive ketones (excluding diaryl/α,β-unsaturated/α-hetero) is 2. The van der Waals surface area contributed by atoms with Gasteiger partial charge in [0, 0.05) is 87.0 Å². The number of rotatable bonds is 47. The summed E-state index contributed by atoms with van der Waals surface area (Å²) < 4.78 is 23.8. The maximum Gasteiger partial charge on any atom is 0.251 e. The van der Waals surface area contributed by atoms with E-state index in [0.29, 0.717) is 104 Å². The van der Waals surface area contributed by atoms with Gasteiger partial charge in [-0.05, 0) is 98.2 Å². The van der Waals surface area contributed by atoms with E-state index in [1.807, 2.05) is 20.8 Å². The SMILES string of the molecule is COc1ccc(C(=O)CCCCCCCCOCC(COCCC(=O)NCCCNC(=O)c2ccc(CO)cc2)(COCCC(=O)NCCCNC(=O)c2ccc(CO)cc2)NC(=O)CCCCCCCCCCC(=O)C(C)(C)C)cc1. The van der Waals surface area contributed by atoms with Crippen molar-refractivity contribution in [1.82, 2.24) is 26.6 Å². The Bertz CT molecular complexity index is 2210. The molecule has 0 heterocycles. The van der Waals surface area contributed by atoms with Crippen LogP contribution in [-0.2, 0) is 46.6 Å². The second-order valence-corrected chi connectivity index (χ2v) is 22.1. The van der Waals surface area contributed by atoms with Gasteiger partial charge in [-0.1, -0.05) is 109 Å². The normalized spacial score (nSPS) is 11.4. The summed E-state index contributed by atoms with van der Waals surface area (Å²) in [5.74, 6) is -0.0397. The van der Waals surface area contributed by atoms with Crippen molar-refractivity contribution >= 4 is 41.1 Å². The molecule has 5 amide bonds. The number of carbonyl (C=O) groups is 7. The zero-order valence-electron chi connectivity index (χ0n) is 49.6. The highest BCUT2D eigenvalue weighted by molar-refractivity contribution is 5.96. The van der Waals surface area contributed by atoms with E-state index in [4.69, 9.17) is 18.9 Å². The van der Waals surface area contributed by atoms with Gasteiger partial charge in [0.2, 0.25) is 17.7 Å². The second-order valence-electron chi connectivity index (χ2n) is 22.1. The quantitative estimate of drug-likeness (QED) is 0.0207. The molecule has 18 heteroatoms. The molecule has 82 heavy (non-hydrogen) atoms. The molecule has 3 aromatic carbocycles. The lowest BCUT2D eigenvalue weighted by Crippen LogP contribution is -2.58. The van der Waals surface area contributed by atoms with Crippen molar-refractivity contribution in [3.63, 3.8) is 0 Å². The van der Waals surface area contributed by atoms with E-state index in [9.17, 15) is 43.8 Å². The molecule has 0 atom stereocenters. The minimum Gasteiger partial charge on any atom is -0.497 e.